The van der Waals surface area contributed by atoms with E-state index in [0.717, 1.165) is 16.1 Å². The van der Waals surface area contributed by atoms with Crippen molar-refractivity contribution in [3.05, 3.63) is 47.5 Å². The van der Waals surface area contributed by atoms with Gasteiger partial charge in [0.15, 0.2) is 0 Å². The lowest BCUT2D eigenvalue weighted by atomic mass is 10.3. The summed E-state index contributed by atoms with van der Waals surface area (Å²) in [5.41, 5.74) is 0.933. The molecule has 1 unspecified atom stereocenters. The monoisotopic (exact) mass is 496 g/mol. The van der Waals surface area contributed by atoms with Crippen LogP contribution < -0.4 is 10.1 Å². The molecular weight excluding hydrogens is 476 g/mol. The molecule has 0 spiro atoms. The van der Waals surface area contributed by atoms with Gasteiger partial charge in [0.2, 0.25) is 21.1 Å². The second kappa shape index (κ2) is 9.86. The number of carbonyl (C=O) groups excluding carboxylic acids is 1. The summed E-state index contributed by atoms with van der Waals surface area (Å²) in [4.78, 5) is 12.7. The Hall–Kier alpha value is -2.67. The molecule has 3 aromatic rings. The number of ether oxygens (including phenoxy) is 1. The SMILES string of the molecule is COc1ccccc1-n1nnnc1SC(C)C(=O)Nc1ccc(Cl)c(S(=O)(=O)N(C)C)c1. The summed E-state index contributed by atoms with van der Waals surface area (Å²) < 4.78 is 32.8. The van der Waals surface area contributed by atoms with Crippen LogP contribution in [0.4, 0.5) is 5.69 Å². The van der Waals surface area contributed by atoms with E-state index in [1.54, 1.807) is 26.2 Å². The zero-order valence-corrected chi connectivity index (χ0v) is 20.1. The van der Waals surface area contributed by atoms with Crippen molar-refractivity contribution in [3.63, 3.8) is 0 Å². The number of tetrazole rings is 1. The third-order valence-corrected chi connectivity index (χ3v) is 7.69. The van der Waals surface area contributed by atoms with E-state index in [1.807, 2.05) is 12.1 Å². The first-order valence-electron chi connectivity index (χ1n) is 9.26. The number of benzene rings is 2. The number of hydrogen-bond donors (Lipinski definition) is 1. The van der Waals surface area contributed by atoms with Crippen molar-refractivity contribution in [1.29, 1.82) is 0 Å². The first-order chi connectivity index (χ1) is 15.1. The van der Waals surface area contributed by atoms with Gasteiger partial charge in [0.1, 0.15) is 16.3 Å². The number of anilines is 1. The highest BCUT2D eigenvalue weighted by Crippen LogP contribution is 2.30. The predicted octanol–water partition coefficient (Wildman–Crippen LogP) is 2.69. The molecule has 1 N–H and O–H groups in total. The maximum atomic E-state index is 12.8. The number of aromatic nitrogens is 4. The molecule has 10 nitrogen and oxygen atoms in total. The van der Waals surface area contributed by atoms with Gasteiger partial charge in [-0.05, 0) is 47.7 Å². The van der Waals surface area contributed by atoms with Crippen molar-refractivity contribution < 1.29 is 17.9 Å². The van der Waals surface area contributed by atoms with Crippen molar-refractivity contribution in [2.24, 2.45) is 0 Å². The summed E-state index contributed by atoms with van der Waals surface area (Å²) in [6.45, 7) is 1.69. The van der Waals surface area contributed by atoms with Gasteiger partial charge in [0.05, 0.1) is 17.4 Å². The first-order valence-corrected chi connectivity index (χ1v) is 12.0. The quantitative estimate of drug-likeness (QED) is 0.473. The summed E-state index contributed by atoms with van der Waals surface area (Å²) in [5.74, 6) is 0.217. The van der Waals surface area contributed by atoms with Crippen molar-refractivity contribution in [3.8, 4) is 11.4 Å². The molecule has 0 fully saturated rings. The Bertz CT molecular complexity index is 1230. The molecule has 13 heteroatoms. The number of methoxy groups -OCH3 is 1. The zero-order valence-electron chi connectivity index (χ0n) is 17.7. The highest BCUT2D eigenvalue weighted by molar-refractivity contribution is 8.00. The highest BCUT2D eigenvalue weighted by atomic mass is 35.5. The van der Waals surface area contributed by atoms with Crippen LogP contribution in [0.1, 0.15) is 6.92 Å². The lowest BCUT2D eigenvalue weighted by molar-refractivity contribution is -0.115. The number of para-hydroxylation sites is 2. The molecule has 0 bridgehead atoms. The molecular formula is C19H21ClN6O4S2. The lowest BCUT2D eigenvalue weighted by Crippen LogP contribution is -2.24. The number of thioether (sulfide) groups is 1. The van der Waals surface area contributed by atoms with Crippen LogP contribution in [0.15, 0.2) is 52.5 Å². The molecule has 3 rings (SSSR count). The molecule has 32 heavy (non-hydrogen) atoms. The number of hydrogen-bond acceptors (Lipinski definition) is 8. The van der Waals surface area contributed by atoms with Gasteiger partial charge in [-0.15, -0.1) is 5.10 Å². The van der Waals surface area contributed by atoms with E-state index in [-0.39, 0.29) is 15.8 Å². The highest BCUT2D eigenvalue weighted by Gasteiger charge is 2.24. The standard InChI is InChI=1S/C19H21ClN6O4S2/c1-12(31-19-22-23-24-26(19)15-7-5-6-8-16(15)30-4)18(27)21-13-9-10-14(20)17(11-13)32(28,29)25(2)3/h5-12H,1-4H3,(H,21,27). The van der Waals surface area contributed by atoms with E-state index in [2.05, 4.69) is 20.8 Å². The van der Waals surface area contributed by atoms with Crippen LogP contribution in [0.3, 0.4) is 0 Å². The van der Waals surface area contributed by atoms with Gasteiger partial charge in [0, 0.05) is 19.8 Å². The Morgan fingerprint density at radius 2 is 1.97 bits per heavy atom. The Morgan fingerprint density at radius 1 is 1.25 bits per heavy atom. The maximum absolute atomic E-state index is 12.8. The van der Waals surface area contributed by atoms with E-state index in [4.69, 9.17) is 16.3 Å². The molecule has 1 aromatic heterocycles. The fourth-order valence-corrected chi connectivity index (χ4v) is 4.83. The number of rotatable bonds is 8. The molecule has 2 aromatic carbocycles. The predicted molar refractivity (Wildman–Crippen MR) is 122 cm³/mol. The molecule has 170 valence electrons. The summed E-state index contributed by atoms with van der Waals surface area (Å²) in [7, 11) is 0.586. The largest absolute Gasteiger partial charge is 0.494 e. The number of nitrogens with one attached hydrogen (secondary N) is 1. The van der Waals surface area contributed by atoms with Gasteiger partial charge in [-0.25, -0.2) is 12.7 Å². The van der Waals surface area contributed by atoms with Gasteiger partial charge >= 0.3 is 0 Å². The van der Waals surface area contributed by atoms with Crippen LogP contribution in [0.25, 0.3) is 5.69 Å². The molecule has 1 atom stereocenters. The summed E-state index contributed by atoms with van der Waals surface area (Å²) >= 11 is 7.20. The molecule has 1 amide bonds. The summed E-state index contributed by atoms with van der Waals surface area (Å²) in [5, 5.41) is 14.3. The maximum Gasteiger partial charge on any atom is 0.244 e. The van der Waals surface area contributed by atoms with E-state index in [1.165, 1.54) is 37.0 Å². The summed E-state index contributed by atoms with van der Waals surface area (Å²) in [6.07, 6.45) is 0. The fourth-order valence-electron chi connectivity index (χ4n) is 2.64. The average Bonchev–Trinajstić information content (AvgIpc) is 3.22. The molecule has 0 radical (unpaired) electrons. The number of halogens is 1. The van der Waals surface area contributed by atoms with Gasteiger partial charge in [0.25, 0.3) is 0 Å². The molecule has 0 aliphatic rings. The normalized spacial score (nSPS) is 12.6. The van der Waals surface area contributed by atoms with Crippen LogP contribution in [-0.4, -0.2) is 65.3 Å². The average molecular weight is 497 g/mol. The van der Waals surface area contributed by atoms with E-state index in [0.29, 0.717) is 22.3 Å². The fraction of sp³-hybridized carbons (Fsp3) is 0.263. The second-order valence-electron chi connectivity index (χ2n) is 6.73. The van der Waals surface area contributed by atoms with Crippen molar-refractivity contribution in [1.82, 2.24) is 24.5 Å². The van der Waals surface area contributed by atoms with Crippen molar-refractivity contribution >= 4 is 45.0 Å². The van der Waals surface area contributed by atoms with Gasteiger partial charge in [-0.2, -0.15) is 4.68 Å². The number of amides is 1. The minimum Gasteiger partial charge on any atom is -0.494 e. The molecule has 0 saturated heterocycles. The Kier molecular flexibility index (Phi) is 7.39. The van der Waals surface area contributed by atoms with Crippen LogP contribution in [-0.2, 0) is 14.8 Å². The van der Waals surface area contributed by atoms with Gasteiger partial charge < -0.3 is 10.1 Å². The van der Waals surface area contributed by atoms with E-state index in [9.17, 15) is 13.2 Å². The third kappa shape index (κ3) is 5.04. The topological polar surface area (TPSA) is 119 Å². The van der Waals surface area contributed by atoms with Crippen LogP contribution in [0, 0.1) is 0 Å². The minimum atomic E-state index is -3.77. The minimum absolute atomic E-state index is 0.0649. The Labute approximate surface area is 194 Å². The third-order valence-electron chi connectivity index (χ3n) is 4.36. The van der Waals surface area contributed by atoms with Crippen molar-refractivity contribution in [2.45, 2.75) is 22.2 Å². The Morgan fingerprint density at radius 3 is 2.66 bits per heavy atom. The van der Waals surface area contributed by atoms with Gasteiger partial charge in [-0.3, -0.25) is 4.79 Å². The first kappa shape index (κ1) is 24.0. The second-order valence-corrected chi connectivity index (χ2v) is 10.6. The van der Waals surface area contributed by atoms with Crippen LogP contribution >= 0.6 is 23.4 Å². The van der Waals surface area contributed by atoms with E-state index >= 15 is 0 Å². The van der Waals surface area contributed by atoms with Crippen LogP contribution in [0.2, 0.25) is 5.02 Å². The molecule has 0 aliphatic carbocycles. The zero-order chi connectivity index (χ0) is 23.5. The molecule has 0 aliphatic heterocycles. The summed E-state index contributed by atoms with van der Waals surface area (Å²) in [6, 6.07) is 11.5. The molecule has 1 heterocycles. The van der Waals surface area contributed by atoms with E-state index < -0.39 is 15.3 Å². The number of nitrogens with zero attached hydrogens (tertiary/aromatic N) is 5. The number of sulfonamides is 1. The smallest absolute Gasteiger partial charge is 0.244 e. The Balaban J connectivity index is 1.78. The lowest BCUT2D eigenvalue weighted by Gasteiger charge is -2.15. The van der Waals surface area contributed by atoms with Crippen LogP contribution in [0.5, 0.6) is 5.75 Å². The van der Waals surface area contributed by atoms with Gasteiger partial charge in [-0.1, -0.05) is 35.5 Å². The number of carbonyl (C=O) groups is 1. The molecule has 0 saturated carbocycles. The van der Waals surface area contributed by atoms with Crippen molar-refractivity contribution in [2.75, 3.05) is 26.5 Å².